The van der Waals surface area contributed by atoms with Crippen molar-refractivity contribution < 1.29 is 14.7 Å². The van der Waals surface area contributed by atoms with Gasteiger partial charge in [-0.05, 0) is 47.2 Å². The van der Waals surface area contributed by atoms with E-state index in [-0.39, 0.29) is 12.3 Å². The molecule has 0 aliphatic carbocycles. The second-order valence-corrected chi connectivity index (χ2v) is 5.03. The molecule has 1 aromatic carbocycles. The topological polar surface area (TPSA) is 66.4 Å². The minimum atomic E-state index is -0.869. The standard InChI is InChI=1S/C11H11ClINO3/c12-9-6-7(13)3-4-8(9)11(17)14-5-1-2-10(15)16/h3-4,6H,1-2,5H2,(H,14,17)(H,15,16). The van der Waals surface area contributed by atoms with Gasteiger partial charge in [0, 0.05) is 16.5 Å². The highest BCUT2D eigenvalue weighted by molar-refractivity contribution is 14.1. The van der Waals surface area contributed by atoms with Crippen LogP contribution in [-0.2, 0) is 4.79 Å². The van der Waals surface area contributed by atoms with Gasteiger partial charge in [-0.3, -0.25) is 9.59 Å². The third-order valence-corrected chi connectivity index (χ3v) is 3.01. The van der Waals surface area contributed by atoms with Gasteiger partial charge < -0.3 is 10.4 Å². The Kier molecular flexibility index (Phi) is 5.70. The summed E-state index contributed by atoms with van der Waals surface area (Å²) in [6, 6.07) is 5.14. The zero-order valence-corrected chi connectivity index (χ0v) is 11.8. The quantitative estimate of drug-likeness (QED) is 0.621. The number of carbonyl (C=O) groups is 2. The van der Waals surface area contributed by atoms with E-state index in [1.807, 2.05) is 0 Å². The largest absolute Gasteiger partial charge is 0.481 e. The van der Waals surface area contributed by atoms with Gasteiger partial charge in [0.05, 0.1) is 10.6 Å². The third kappa shape index (κ3) is 4.91. The summed E-state index contributed by atoms with van der Waals surface area (Å²) < 4.78 is 0.954. The van der Waals surface area contributed by atoms with Gasteiger partial charge in [0.2, 0.25) is 0 Å². The van der Waals surface area contributed by atoms with Gasteiger partial charge in [0.15, 0.2) is 0 Å². The number of amides is 1. The summed E-state index contributed by atoms with van der Waals surface area (Å²) in [5.74, 6) is -1.15. The smallest absolute Gasteiger partial charge is 0.303 e. The van der Waals surface area contributed by atoms with Crippen LogP contribution in [0.4, 0.5) is 0 Å². The number of carboxylic acids is 1. The molecule has 0 aliphatic rings. The van der Waals surface area contributed by atoms with Crippen molar-refractivity contribution in [1.29, 1.82) is 0 Å². The van der Waals surface area contributed by atoms with Gasteiger partial charge in [-0.1, -0.05) is 11.6 Å². The molecule has 0 atom stereocenters. The van der Waals surface area contributed by atoms with Crippen molar-refractivity contribution in [3.05, 3.63) is 32.4 Å². The molecule has 0 aliphatic heterocycles. The Morgan fingerprint density at radius 1 is 1.41 bits per heavy atom. The number of hydrogen-bond acceptors (Lipinski definition) is 2. The van der Waals surface area contributed by atoms with Crippen LogP contribution in [0.1, 0.15) is 23.2 Å². The van der Waals surface area contributed by atoms with Crippen LogP contribution in [0.25, 0.3) is 0 Å². The number of halogens is 2. The lowest BCUT2D eigenvalue weighted by Gasteiger charge is -2.06. The molecule has 17 heavy (non-hydrogen) atoms. The lowest BCUT2D eigenvalue weighted by Crippen LogP contribution is -2.25. The van der Waals surface area contributed by atoms with E-state index in [1.54, 1.807) is 18.2 Å². The molecule has 0 fully saturated rings. The molecule has 0 radical (unpaired) electrons. The van der Waals surface area contributed by atoms with Crippen molar-refractivity contribution >= 4 is 46.1 Å². The number of nitrogens with one attached hydrogen (secondary N) is 1. The Labute approximate surface area is 117 Å². The van der Waals surface area contributed by atoms with Crippen LogP contribution in [0, 0.1) is 3.57 Å². The number of carboxylic acid groups (broad SMARTS) is 1. The maximum atomic E-state index is 11.7. The maximum Gasteiger partial charge on any atom is 0.303 e. The summed E-state index contributed by atoms with van der Waals surface area (Å²) >= 11 is 8.03. The predicted octanol–water partition coefficient (Wildman–Crippen LogP) is 2.54. The van der Waals surface area contributed by atoms with Gasteiger partial charge in [0.25, 0.3) is 5.91 Å². The molecule has 6 heteroatoms. The fourth-order valence-corrected chi connectivity index (χ4v) is 2.15. The second kappa shape index (κ2) is 6.80. The van der Waals surface area contributed by atoms with E-state index >= 15 is 0 Å². The van der Waals surface area contributed by atoms with Crippen molar-refractivity contribution in [3.63, 3.8) is 0 Å². The summed E-state index contributed by atoms with van der Waals surface area (Å²) in [5.41, 5.74) is 0.405. The summed E-state index contributed by atoms with van der Waals surface area (Å²) in [7, 11) is 0. The molecule has 92 valence electrons. The second-order valence-electron chi connectivity index (χ2n) is 3.38. The molecule has 0 unspecified atom stereocenters. The lowest BCUT2D eigenvalue weighted by molar-refractivity contribution is -0.137. The Morgan fingerprint density at radius 3 is 2.71 bits per heavy atom. The molecule has 0 aromatic heterocycles. The third-order valence-electron chi connectivity index (χ3n) is 2.03. The molecular formula is C11H11ClINO3. The zero-order valence-electron chi connectivity index (χ0n) is 8.87. The van der Waals surface area contributed by atoms with E-state index in [0.29, 0.717) is 23.6 Å². The highest BCUT2D eigenvalue weighted by atomic mass is 127. The highest BCUT2D eigenvalue weighted by Crippen LogP contribution is 2.18. The van der Waals surface area contributed by atoms with Gasteiger partial charge >= 0.3 is 5.97 Å². The van der Waals surface area contributed by atoms with Crippen LogP contribution in [0.5, 0.6) is 0 Å². The SMILES string of the molecule is O=C(O)CCCNC(=O)c1ccc(I)cc1Cl. The Balaban J connectivity index is 2.50. The molecule has 1 rings (SSSR count). The van der Waals surface area contributed by atoms with Crippen molar-refractivity contribution in [2.24, 2.45) is 0 Å². The zero-order chi connectivity index (χ0) is 12.8. The monoisotopic (exact) mass is 367 g/mol. The first-order valence-electron chi connectivity index (χ1n) is 4.95. The van der Waals surface area contributed by atoms with Gasteiger partial charge in [-0.2, -0.15) is 0 Å². The van der Waals surface area contributed by atoms with Crippen LogP contribution in [0.2, 0.25) is 5.02 Å². The van der Waals surface area contributed by atoms with Gasteiger partial charge in [-0.15, -0.1) is 0 Å². The van der Waals surface area contributed by atoms with Crippen molar-refractivity contribution in [1.82, 2.24) is 5.32 Å². The molecule has 2 N–H and O–H groups in total. The van der Waals surface area contributed by atoms with E-state index in [9.17, 15) is 9.59 Å². The summed E-state index contributed by atoms with van der Waals surface area (Å²) in [6.07, 6.45) is 0.448. The first-order chi connectivity index (χ1) is 8.00. The van der Waals surface area contributed by atoms with E-state index in [0.717, 1.165) is 3.57 Å². The van der Waals surface area contributed by atoms with Crippen LogP contribution >= 0.6 is 34.2 Å². The van der Waals surface area contributed by atoms with Crippen LogP contribution in [0.15, 0.2) is 18.2 Å². The molecule has 1 amide bonds. The Bertz CT molecular complexity index is 437. The fraction of sp³-hybridized carbons (Fsp3) is 0.273. The van der Waals surface area contributed by atoms with Gasteiger partial charge in [0.1, 0.15) is 0 Å². The molecule has 0 spiro atoms. The number of benzene rings is 1. The first-order valence-corrected chi connectivity index (χ1v) is 6.41. The number of rotatable bonds is 5. The van der Waals surface area contributed by atoms with Crippen LogP contribution in [-0.4, -0.2) is 23.5 Å². The minimum Gasteiger partial charge on any atom is -0.481 e. The summed E-state index contributed by atoms with van der Waals surface area (Å²) in [6.45, 7) is 0.327. The Hall–Kier alpha value is -0.820. The molecule has 1 aromatic rings. The van der Waals surface area contributed by atoms with Crippen molar-refractivity contribution in [2.75, 3.05) is 6.54 Å². The average molecular weight is 368 g/mol. The predicted molar refractivity (Wildman–Crippen MR) is 73.4 cm³/mol. The van der Waals surface area contributed by atoms with Crippen LogP contribution in [0.3, 0.4) is 0 Å². The number of aliphatic carboxylic acids is 1. The van der Waals surface area contributed by atoms with Crippen LogP contribution < -0.4 is 5.32 Å². The first kappa shape index (κ1) is 14.2. The van der Waals surface area contributed by atoms with Crippen molar-refractivity contribution in [3.8, 4) is 0 Å². The number of hydrogen-bond donors (Lipinski definition) is 2. The van der Waals surface area contributed by atoms with E-state index in [1.165, 1.54) is 0 Å². The fourth-order valence-electron chi connectivity index (χ4n) is 1.21. The highest BCUT2D eigenvalue weighted by Gasteiger charge is 2.09. The minimum absolute atomic E-state index is 0.0424. The molecule has 0 bridgehead atoms. The van der Waals surface area contributed by atoms with Gasteiger partial charge in [-0.25, -0.2) is 0 Å². The molecule has 0 heterocycles. The van der Waals surface area contributed by atoms with E-state index in [4.69, 9.17) is 16.7 Å². The Morgan fingerprint density at radius 2 is 2.12 bits per heavy atom. The summed E-state index contributed by atoms with van der Waals surface area (Å²) in [5, 5.41) is 11.5. The van der Waals surface area contributed by atoms with Crippen molar-refractivity contribution in [2.45, 2.75) is 12.8 Å². The number of carbonyl (C=O) groups excluding carboxylic acids is 1. The van der Waals surface area contributed by atoms with E-state index < -0.39 is 5.97 Å². The molecule has 0 saturated carbocycles. The normalized spacial score (nSPS) is 10.0. The molecular weight excluding hydrogens is 356 g/mol. The average Bonchev–Trinajstić information content (AvgIpc) is 2.23. The summed E-state index contributed by atoms with van der Waals surface area (Å²) in [4.78, 5) is 21.9. The molecule has 4 nitrogen and oxygen atoms in total. The maximum absolute atomic E-state index is 11.7. The lowest BCUT2D eigenvalue weighted by atomic mass is 10.2. The van der Waals surface area contributed by atoms with E-state index in [2.05, 4.69) is 27.9 Å². The molecule has 0 saturated heterocycles.